The van der Waals surface area contributed by atoms with Crippen molar-refractivity contribution in [3.63, 3.8) is 0 Å². The zero-order valence-electron chi connectivity index (χ0n) is 11.1. The summed E-state index contributed by atoms with van der Waals surface area (Å²) in [4.78, 5) is 0. The van der Waals surface area contributed by atoms with Crippen LogP contribution in [0.2, 0.25) is 0 Å². The van der Waals surface area contributed by atoms with Gasteiger partial charge < -0.3 is 20.1 Å². The van der Waals surface area contributed by atoms with Crippen molar-refractivity contribution in [1.82, 2.24) is 0 Å². The topological polar surface area (TPSA) is 69.9 Å². The van der Waals surface area contributed by atoms with Gasteiger partial charge in [-0.1, -0.05) is 12.1 Å². The minimum Gasteiger partial charge on any atom is -0.508 e. The second kappa shape index (κ2) is 4.63. The van der Waals surface area contributed by atoms with Crippen LogP contribution in [0.25, 0.3) is 0 Å². The van der Waals surface area contributed by atoms with E-state index in [1.165, 1.54) is 12.1 Å². The van der Waals surface area contributed by atoms with Crippen molar-refractivity contribution in [2.24, 2.45) is 0 Å². The number of aromatic hydroxyl groups is 3. The van der Waals surface area contributed by atoms with Crippen LogP contribution in [0.15, 0.2) is 30.3 Å². The fraction of sp³-hybridized carbons (Fsp3) is 0.250. The maximum Gasteiger partial charge on any atom is 0.157 e. The molecule has 2 aromatic carbocycles. The lowest BCUT2D eigenvalue weighted by Crippen LogP contribution is -2.16. The highest BCUT2D eigenvalue weighted by atomic mass is 16.5. The largest absolute Gasteiger partial charge is 0.508 e. The van der Waals surface area contributed by atoms with E-state index in [0.717, 1.165) is 29.5 Å². The Morgan fingerprint density at radius 2 is 1.75 bits per heavy atom. The fourth-order valence-electron chi connectivity index (χ4n) is 2.56. The summed E-state index contributed by atoms with van der Waals surface area (Å²) < 4.78 is 5.97. The molecule has 4 heteroatoms. The normalized spacial score (nSPS) is 17.4. The number of hydrogen-bond donors (Lipinski definition) is 3. The molecule has 0 saturated heterocycles. The van der Waals surface area contributed by atoms with Crippen LogP contribution in [0.5, 0.6) is 23.0 Å². The molecule has 0 fully saturated rings. The Bertz CT molecular complexity index is 664. The molecule has 0 aliphatic carbocycles. The van der Waals surface area contributed by atoms with Crippen LogP contribution in [0, 0.1) is 6.92 Å². The maximum atomic E-state index is 9.76. The Hall–Kier alpha value is -2.36. The van der Waals surface area contributed by atoms with E-state index < -0.39 is 0 Å². The highest BCUT2D eigenvalue weighted by molar-refractivity contribution is 5.50. The molecule has 0 saturated carbocycles. The Kier molecular flexibility index (Phi) is 2.93. The van der Waals surface area contributed by atoms with Crippen LogP contribution in [-0.2, 0) is 6.42 Å². The zero-order valence-corrected chi connectivity index (χ0v) is 11.1. The number of phenolic OH excluding ortho intramolecular Hbond substituents is 3. The number of aryl methyl sites for hydroxylation is 1. The molecule has 3 rings (SSSR count). The van der Waals surface area contributed by atoms with Gasteiger partial charge in [0.25, 0.3) is 0 Å². The number of hydrogen-bond acceptors (Lipinski definition) is 4. The SMILES string of the molecule is Cc1c(O)ccc2c1O[C@H](c1ccc(O)c(O)c1)CC2. The molecule has 0 amide bonds. The molecule has 3 N–H and O–H groups in total. The molecular formula is C16H16O4. The van der Waals surface area contributed by atoms with Crippen molar-refractivity contribution in [3.8, 4) is 23.0 Å². The Labute approximate surface area is 116 Å². The molecule has 1 atom stereocenters. The summed E-state index contributed by atoms with van der Waals surface area (Å²) in [6.07, 6.45) is 1.46. The van der Waals surface area contributed by atoms with Crippen molar-refractivity contribution >= 4 is 0 Å². The Morgan fingerprint density at radius 1 is 1.00 bits per heavy atom. The Morgan fingerprint density at radius 3 is 2.50 bits per heavy atom. The maximum absolute atomic E-state index is 9.76. The standard InChI is InChI=1S/C16H16O4/c1-9-12(17)5-2-10-4-7-15(20-16(9)10)11-3-6-13(18)14(19)8-11/h2-3,5-6,8,15,17-19H,4,7H2,1H3/t15-/m0/s1. The van der Waals surface area contributed by atoms with Crippen molar-refractivity contribution in [2.75, 3.05) is 0 Å². The molecule has 4 nitrogen and oxygen atoms in total. The van der Waals surface area contributed by atoms with Crippen molar-refractivity contribution < 1.29 is 20.1 Å². The highest BCUT2D eigenvalue weighted by Gasteiger charge is 2.24. The number of rotatable bonds is 1. The third kappa shape index (κ3) is 2.03. The summed E-state index contributed by atoms with van der Waals surface area (Å²) in [6.45, 7) is 1.82. The second-order valence-corrected chi connectivity index (χ2v) is 5.09. The first kappa shape index (κ1) is 12.7. The quantitative estimate of drug-likeness (QED) is 0.697. The van der Waals surface area contributed by atoms with Crippen molar-refractivity contribution in [1.29, 1.82) is 0 Å². The van der Waals surface area contributed by atoms with Crippen LogP contribution < -0.4 is 4.74 Å². The first-order valence-corrected chi connectivity index (χ1v) is 6.56. The average molecular weight is 272 g/mol. The van der Waals surface area contributed by atoms with Crippen LogP contribution in [-0.4, -0.2) is 15.3 Å². The first-order valence-electron chi connectivity index (χ1n) is 6.56. The molecular weight excluding hydrogens is 256 g/mol. The lowest BCUT2D eigenvalue weighted by Gasteiger charge is -2.28. The average Bonchev–Trinajstić information content (AvgIpc) is 2.46. The van der Waals surface area contributed by atoms with E-state index in [1.807, 2.05) is 13.0 Å². The van der Waals surface area contributed by atoms with E-state index in [1.54, 1.807) is 12.1 Å². The second-order valence-electron chi connectivity index (χ2n) is 5.09. The smallest absolute Gasteiger partial charge is 0.157 e. The van der Waals surface area contributed by atoms with Gasteiger partial charge in [0, 0.05) is 5.56 Å². The van der Waals surface area contributed by atoms with Crippen LogP contribution in [0.1, 0.15) is 29.2 Å². The fourth-order valence-corrected chi connectivity index (χ4v) is 2.56. The van der Waals surface area contributed by atoms with Crippen LogP contribution in [0.4, 0.5) is 0 Å². The molecule has 2 aromatic rings. The van der Waals surface area contributed by atoms with Crippen LogP contribution in [0.3, 0.4) is 0 Å². The summed E-state index contributed by atoms with van der Waals surface area (Å²) in [7, 11) is 0. The van der Waals surface area contributed by atoms with Gasteiger partial charge in [0.1, 0.15) is 17.6 Å². The molecule has 1 aliphatic heterocycles. The van der Waals surface area contributed by atoms with Crippen LogP contribution >= 0.6 is 0 Å². The van der Waals surface area contributed by atoms with Gasteiger partial charge in [0.05, 0.1) is 0 Å². The lowest BCUT2D eigenvalue weighted by atomic mass is 9.95. The van der Waals surface area contributed by atoms with E-state index in [2.05, 4.69) is 0 Å². The summed E-state index contributed by atoms with van der Waals surface area (Å²) in [5.41, 5.74) is 2.63. The highest BCUT2D eigenvalue weighted by Crippen LogP contribution is 2.41. The molecule has 0 radical (unpaired) electrons. The predicted octanol–water partition coefficient (Wildman–Crippen LogP) is 3.18. The van der Waals surface area contributed by atoms with Gasteiger partial charge in [-0.2, -0.15) is 0 Å². The minimum absolute atomic E-state index is 0.140. The summed E-state index contributed by atoms with van der Waals surface area (Å²) in [5, 5.41) is 28.7. The van der Waals surface area contributed by atoms with Crippen molar-refractivity contribution in [3.05, 3.63) is 47.0 Å². The first-order chi connectivity index (χ1) is 9.56. The monoisotopic (exact) mass is 272 g/mol. The lowest BCUT2D eigenvalue weighted by molar-refractivity contribution is 0.174. The molecule has 0 aromatic heterocycles. The van der Waals surface area contributed by atoms with Gasteiger partial charge >= 0.3 is 0 Å². The minimum atomic E-state index is -0.186. The zero-order chi connectivity index (χ0) is 14.3. The number of ether oxygens (including phenoxy) is 1. The van der Waals surface area contributed by atoms with Gasteiger partial charge in [-0.25, -0.2) is 0 Å². The number of fused-ring (bicyclic) bond motifs is 1. The van der Waals surface area contributed by atoms with E-state index >= 15 is 0 Å². The molecule has 1 heterocycles. The van der Waals surface area contributed by atoms with Gasteiger partial charge in [-0.3, -0.25) is 0 Å². The predicted molar refractivity (Wildman–Crippen MR) is 74.3 cm³/mol. The molecule has 1 aliphatic rings. The third-order valence-electron chi connectivity index (χ3n) is 3.77. The van der Waals surface area contributed by atoms with E-state index in [4.69, 9.17) is 4.74 Å². The Balaban J connectivity index is 1.95. The summed E-state index contributed by atoms with van der Waals surface area (Å²) in [6, 6.07) is 8.28. The van der Waals surface area contributed by atoms with Gasteiger partial charge in [-0.05, 0) is 49.1 Å². The summed E-state index contributed by atoms with van der Waals surface area (Å²) in [5.74, 6) is 0.648. The third-order valence-corrected chi connectivity index (χ3v) is 3.77. The molecule has 104 valence electrons. The van der Waals surface area contributed by atoms with E-state index in [0.29, 0.717) is 5.75 Å². The van der Waals surface area contributed by atoms with E-state index in [-0.39, 0.29) is 23.4 Å². The van der Waals surface area contributed by atoms with Gasteiger partial charge in [0.2, 0.25) is 0 Å². The number of phenols is 3. The molecule has 20 heavy (non-hydrogen) atoms. The van der Waals surface area contributed by atoms with Crippen molar-refractivity contribution in [2.45, 2.75) is 25.9 Å². The summed E-state index contributed by atoms with van der Waals surface area (Å²) >= 11 is 0. The molecule has 0 bridgehead atoms. The van der Waals surface area contributed by atoms with Gasteiger partial charge in [-0.15, -0.1) is 0 Å². The molecule has 0 unspecified atom stereocenters. The number of benzene rings is 2. The van der Waals surface area contributed by atoms with E-state index in [9.17, 15) is 15.3 Å². The molecule has 0 spiro atoms. The van der Waals surface area contributed by atoms with Gasteiger partial charge in [0.15, 0.2) is 11.5 Å².